The molecule has 0 aliphatic carbocycles. The molecule has 16 heavy (non-hydrogen) atoms. The van der Waals surface area contributed by atoms with E-state index in [9.17, 15) is 4.79 Å². The third-order valence-corrected chi connectivity index (χ3v) is 3.28. The van der Waals surface area contributed by atoms with E-state index in [1.54, 1.807) is 0 Å². The zero-order valence-electron chi connectivity index (χ0n) is 8.88. The lowest BCUT2D eigenvalue weighted by Crippen LogP contribution is -2.24. The Labute approximate surface area is 98.3 Å². The van der Waals surface area contributed by atoms with Crippen molar-refractivity contribution >= 4 is 22.8 Å². The molecule has 0 radical (unpaired) electrons. The van der Waals surface area contributed by atoms with Crippen molar-refractivity contribution in [1.29, 1.82) is 0 Å². The number of carbonyl (C=O) groups is 1. The molecule has 0 saturated carbocycles. The summed E-state index contributed by atoms with van der Waals surface area (Å²) in [5, 5.41) is 3.22. The summed E-state index contributed by atoms with van der Waals surface area (Å²) < 4.78 is 0. The van der Waals surface area contributed by atoms with Crippen LogP contribution in [0.3, 0.4) is 0 Å². The van der Waals surface area contributed by atoms with Crippen LogP contribution >= 0.6 is 11.8 Å². The minimum Gasteiger partial charge on any atom is -0.306 e. The quantitative estimate of drug-likeness (QED) is 0.810. The van der Waals surface area contributed by atoms with Crippen LogP contribution in [0.2, 0.25) is 0 Å². The summed E-state index contributed by atoms with van der Waals surface area (Å²) in [6.45, 7) is 1.84. The summed E-state index contributed by atoms with van der Waals surface area (Å²) in [5.74, 6) is -0.0102. The molecule has 1 amide bonds. The predicted molar refractivity (Wildman–Crippen MR) is 66.0 cm³/mol. The molecule has 0 spiro atoms. The lowest BCUT2D eigenvalue weighted by molar-refractivity contribution is -0.118. The highest BCUT2D eigenvalue weighted by Crippen LogP contribution is 2.21. The number of aliphatic imine (C=N–C) groups is 1. The summed E-state index contributed by atoms with van der Waals surface area (Å²) in [7, 11) is 0. The third kappa shape index (κ3) is 2.43. The number of amidine groups is 1. The molecular weight excluding hydrogens is 222 g/mol. The first-order chi connectivity index (χ1) is 7.66. The van der Waals surface area contributed by atoms with Crippen LogP contribution < -0.4 is 11.1 Å². The van der Waals surface area contributed by atoms with Crippen molar-refractivity contribution in [1.82, 2.24) is 5.32 Å². The Morgan fingerprint density at radius 3 is 2.69 bits per heavy atom. The largest absolute Gasteiger partial charge is 0.306 e. The number of thioether (sulfide) groups is 1. The zero-order valence-corrected chi connectivity index (χ0v) is 9.70. The van der Waals surface area contributed by atoms with Crippen molar-refractivity contribution in [3.63, 3.8) is 0 Å². The second-order valence-electron chi connectivity index (χ2n) is 3.54. The summed E-state index contributed by atoms with van der Waals surface area (Å²) in [4.78, 5) is 15.5. The van der Waals surface area contributed by atoms with E-state index in [1.165, 1.54) is 11.8 Å². The Balaban J connectivity index is 2.11. The van der Waals surface area contributed by atoms with Gasteiger partial charge >= 0.3 is 0 Å². The summed E-state index contributed by atoms with van der Waals surface area (Å²) in [5.41, 5.74) is 6.85. The summed E-state index contributed by atoms with van der Waals surface area (Å²) in [6.07, 6.45) is -0.422. The number of benzene rings is 1. The Morgan fingerprint density at radius 1 is 1.44 bits per heavy atom. The van der Waals surface area contributed by atoms with Crippen molar-refractivity contribution in [3.8, 4) is 0 Å². The molecular formula is C11H13N3OS. The number of nitrogens with two attached hydrogens (primary N) is 1. The van der Waals surface area contributed by atoms with Crippen molar-refractivity contribution in [2.75, 3.05) is 0 Å². The molecule has 1 aliphatic rings. The Morgan fingerprint density at radius 2 is 2.12 bits per heavy atom. The van der Waals surface area contributed by atoms with Gasteiger partial charge in [0.05, 0.1) is 5.25 Å². The normalized spacial score (nSPS) is 24.5. The first kappa shape index (κ1) is 11.2. The van der Waals surface area contributed by atoms with Gasteiger partial charge in [-0.05, 0) is 12.5 Å². The van der Waals surface area contributed by atoms with Gasteiger partial charge in [0.1, 0.15) is 6.17 Å². The fraction of sp³-hybridized carbons (Fsp3) is 0.273. The molecule has 5 heteroatoms. The third-order valence-electron chi connectivity index (χ3n) is 2.29. The number of hydrogen-bond acceptors (Lipinski definition) is 4. The Kier molecular flexibility index (Phi) is 3.26. The molecule has 1 unspecified atom stereocenters. The van der Waals surface area contributed by atoms with Crippen LogP contribution in [0, 0.1) is 0 Å². The highest BCUT2D eigenvalue weighted by molar-refractivity contribution is 8.15. The van der Waals surface area contributed by atoms with E-state index in [4.69, 9.17) is 5.73 Å². The Hall–Kier alpha value is -1.33. The minimum absolute atomic E-state index is 0.0102. The predicted octanol–water partition coefficient (Wildman–Crippen LogP) is 1.25. The average molecular weight is 235 g/mol. The first-order valence-corrected chi connectivity index (χ1v) is 5.90. The summed E-state index contributed by atoms with van der Waals surface area (Å²) in [6, 6.07) is 9.59. The van der Waals surface area contributed by atoms with Crippen LogP contribution in [-0.4, -0.2) is 16.3 Å². The lowest BCUT2D eigenvalue weighted by atomic mass is 10.2. The van der Waals surface area contributed by atoms with Gasteiger partial charge in [-0.2, -0.15) is 0 Å². The fourth-order valence-corrected chi connectivity index (χ4v) is 2.21. The standard InChI is InChI=1S/C11H13N3OS/c1-7-10(15)14-11(16-7)13-9(12)8-5-3-2-4-6-8/h2-7,9H,12H2,1H3,(H,13,14,15)/t7?,9-/m1/s1. The van der Waals surface area contributed by atoms with Gasteiger partial charge in [0.15, 0.2) is 5.17 Å². The first-order valence-electron chi connectivity index (χ1n) is 5.02. The van der Waals surface area contributed by atoms with Crippen LogP contribution in [0.1, 0.15) is 18.7 Å². The molecule has 3 N–H and O–H groups in total. The molecule has 4 nitrogen and oxygen atoms in total. The zero-order chi connectivity index (χ0) is 11.5. The van der Waals surface area contributed by atoms with Crippen LogP contribution in [0.25, 0.3) is 0 Å². The monoisotopic (exact) mass is 235 g/mol. The Bertz CT molecular complexity index is 418. The van der Waals surface area contributed by atoms with Crippen LogP contribution in [0.4, 0.5) is 0 Å². The average Bonchev–Trinajstić information content (AvgIpc) is 2.59. The van der Waals surface area contributed by atoms with E-state index >= 15 is 0 Å². The van der Waals surface area contributed by atoms with Crippen LogP contribution in [-0.2, 0) is 4.79 Å². The number of hydrogen-bond donors (Lipinski definition) is 2. The van der Waals surface area contributed by atoms with Gasteiger partial charge in [-0.15, -0.1) is 0 Å². The molecule has 0 aromatic heterocycles. The molecule has 1 heterocycles. The SMILES string of the molecule is CC1S/C(=N/[C@@H](N)c2ccccc2)NC1=O. The molecule has 2 atom stereocenters. The van der Waals surface area contributed by atoms with Crippen LogP contribution in [0.15, 0.2) is 35.3 Å². The maximum atomic E-state index is 11.2. The molecule has 2 rings (SSSR count). The molecule has 0 bridgehead atoms. The number of carbonyl (C=O) groups excluding carboxylic acids is 1. The molecule has 1 aliphatic heterocycles. The summed E-state index contributed by atoms with van der Waals surface area (Å²) >= 11 is 1.41. The van der Waals surface area contributed by atoms with Crippen LogP contribution in [0.5, 0.6) is 0 Å². The molecule has 1 aromatic rings. The fourth-order valence-electron chi connectivity index (χ4n) is 1.37. The maximum Gasteiger partial charge on any atom is 0.239 e. The van der Waals surface area contributed by atoms with Gasteiger partial charge in [0.2, 0.25) is 5.91 Å². The molecule has 1 aromatic carbocycles. The van der Waals surface area contributed by atoms with Gasteiger partial charge < -0.3 is 11.1 Å². The van der Waals surface area contributed by atoms with Crippen molar-refractivity contribution in [2.45, 2.75) is 18.3 Å². The van der Waals surface area contributed by atoms with Crippen molar-refractivity contribution in [2.24, 2.45) is 10.7 Å². The highest BCUT2D eigenvalue weighted by Gasteiger charge is 2.26. The number of amides is 1. The van der Waals surface area contributed by atoms with E-state index in [1.807, 2.05) is 37.3 Å². The number of nitrogens with one attached hydrogen (secondary N) is 1. The van der Waals surface area contributed by atoms with E-state index in [-0.39, 0.29) is 11.2 Å². The van der Waals surface area contributed by atoms with Gasteiger partial charge in [-0.3, -0.25) is 4.79 Å². The second-order valence-corrected chi connectivity index (χ2v) is 4.87. The highest BCUT2D eigenvalue weighted by atomic mass is 32.2. The number of rotatable bonds is 2. The van der Waals surface area contributed by atoms with E-state index in [2.05, 4.69) is 10.3 Å². The minimum atomic E-state index is -0.422. The van der Waals surface area contributed by atoms with Gasteiger partial charge in [0.25, 0.3) is 0 Å². The molecule has 84 valence electrons. The smallest absolute Gasteiger partial charge is 0.239 e. The van der Waals surface area contributed by atoms with Gasteiger partial charge in [0, 0.05) is 0 Å². The van der Waals surface area contributed by atoms with E-state index in [0.29, 0.717) is 5.17 Å². The van der Waals surface area contributed by atoms with Gasteiger partial charge in [-0.25, -0.2) is 4.99 Å². The second kappa shape index (κ2) is 4.67. The van der Waals surface area contributed by atoms with E-state index < -0.39 is 6.17 Å². The van der Waals surface area contributed by atoms with E-state index in [0.717, 1.165) is 5.56 Å². The van der Waals surface area contributed by atoms with Gasteiger partial charge in [-0.1, -0.05) is 42.1 Å². The maximum absolute atomic E-state index is 11.2. The number of nitrogens with zero attached hydrogens (tertiary/aromatic N) is 1. The van der Waals surface area contributed by atoms with Crippen molar-refractivity contribution in [3.05, 3.63) is 35.9 Å². The molecule has 1 saturated heterocycles. The van der Waals surface area contributed by atoms with Crippen molar-refractivity contribution < 1.29 is 4.79 Å². The lowest BCUT2D eigenvalue weighted by Gasteiger charge is -2.07. The topological polar surface area (TPSA) is 67.5 Å². The molecule has 1 fully saturated rings.